The second-order valence-corrected chi connectivity index (χ2v) is 5.03. The van der Waals surface area contributed by atoms with Gasteiger partial charge in [0.05, 0.1) is 13.2 Å². The van der Waals surface area contributed by atoms with Crippen LogP contribution in [0.25, 0.3) is 0 Å². The lowest BCUT2D eigenvalue weighted by Gasteiger charge is -2.20. The topological polar surface area (TPSA) is 102 Å². The molecule has 1 aromatic rings. The van der Waals surface area contributed by atoms with Gasteiger partial charge in [0, 0.05) is 5.54 Å². The molecule has 0 aliphatic carbocycles. The molecule has 0 fully saturated rings. The highest BCUT2D eigenvalue weighted by atomic mass is 16.5. The average Bonchev–Trinajstić information content (AvgIpc) is 2.28. The van der Waals surface area contributed by atoms with Gasteiger partial charge in [-0.1, -0.05) is 0 Å². The average molecular weight is 267 g/mol. The Morgan fingerprint density at radius 2 is 2.11 bits per heavy atom. The third-order valence-corrected chi connectivity index (χ3v) is 2.06. The van der Waals surface area contributed by atoms with E-state index in [0.717, 1.165) is 0 Å². The summed E-state index contributed by atoms with van der Waals surface area (Å²) in [6.07, 6.45) is 1.34. The van der Waals surface area contributed by atoms with Crippen molar-refractivity contribution in [1.82, 2.24) is 15.3 Å². The zero-order chi connectivity index (χ0) is 14.5. The third-order valence-electron chi connectivity index (χ3n) is 2.06. The largest absolute Gasteiger partial charge is 0.476 e. The number of hydrogen-bond acceptors (Lipinski definition) is 6. The molecule has 1 rings (SSSR count). The highest BCUT2D eigenvalue weighted by molar-refractivity contribution is 5.82. The number of rotatable bonds is 5. The molecule has 7 heteroatoms. The molecule has 4 N–H and O–H groups in total. The van der Waals surface area contributed by atoms with Gasteiger partial charge in [-0.25, -0.2) is 4.98 Å². The minimum atomic E-state index is -0.271. The molecule has 0 aliphatic rings. The Morgan fingerprint density at radius 3 is 2.68 bits per heavy atom. The summed E-state index contributed by atoms with van der Waals surface area (Å²) in [6.45, 7) is 8.13. The number of nitrogens with zero attached hydrogens (tertiary/aromatic N) is 2. The van der Waals surface area contributed by atoms with Crippen LogP contribution in [-0.4, -0.2) is 34.6 Å². The number of ether oxygens (including phenoxy) is 1. The van der Waals surface area contributed by atoms with Crippen molar-refractivity contribution < 1.29 is 9.53 Å². The van der Waals surface area contributed by atoms with Crippen molar-refractivity contribution in [3.05, 3.63) is 6.33 Å². The Kier molecular flexibility index (Phi) is 4.91. The first-order valence-corrected chi connectivity index (χ1v) is 6.11. The number of carbonyl (C=O) groups excluding carboxylic acids is 1. The van der Waals surface area contributed by atoms with Crippen molar-refractivity contribution in [2.24, 2.45) is 0 Å². The first kappa shape index (κ1) is 15.0. The van der Waals surface area contributed by atoms with Crippen molar-refractivity contribution in [2.45, 2.75) is 33.2 Å². The molecule has 1 aromatic heterocycles. The molecule has 0 bridgehead atoms. The molecular formula is C12H21N5O2. The Hall–Kier alpha value is -2.05. The predicted molar refractivity (Wildman–Crippen MR) is 74.0 cm³/mol. The molecule has 0 atom stereocenters. The summed E-state index contributed by atoms with van der Waals surface area (Å²) in [5, 5.41) is 5.70. The van der Waals surface area contributed by atoms with Crippen molar-refractivity contribution in [1.29, 1.82) is 0 Å². The molecule has 0 saturated carbocycles. The van der Waals surface area contributed by atoms with Crippen LogP contribution in [0.2, 0.25) is 0 Å². The van der Waals surface area contributed by atoms with Gasteiger partial charge in [0.25, 0.3) is 0 Å². The summed E-state index contributed by atoms with van der Waals surface area (Å²) in [7, 11) is 0. The smallest absolute Gasteiger partial charge is 0.242 e. The van der Waals surface area contributed by atoms with E-state index in [2.05, 4.69) is 20.6 Å². The molecule has 0 aromatic carbocycles. The Balaban J connectivity index is 2.63. The molecule has 7 nitrogen and oxygen atoms in total. The lowest BCUT2D eigenvalue weighted by Crippen LogP contribution is -2.43. The molecule has 0 unspecified atom stereocenters. The second-order valence-electron chi connectivity index (χ2n) is 5.03. The molecule has 0 aliphatic heterocycles. The number of nitrogen functional groups attached to an aromatic ring is 1. The number of amides is 1. The number of hydrogen-bond donors (Lipinski definition) is 3. The fourth-order valence-corrected chi connectivity index (χ4v) is 1.40. The van der Waals surface area contributed by atoms with Crippen LogP contribution in [0, 0.1) is 0 Å². The minimum Gasteiger partial charge on any atom is -0.476 e. The predicted octanol–water partition coefficient (Wildman–Crippen LogP) is 0.784. The highest BCUT2D eigenvalue weighted by Gasteiger charge is 2.14. The van der Waals surface area contributed by atoms with Crippen LogP contribution >= 0.6 is 0 Å². The van der Waals surface area contributed by atoms with Crippen molar-refractivity contribution in [2.75, 3.05) is 24.2 Å². The number of carbonyl (C=O) groups is 1. The van der Waals surface area contributed by atoms with Crippen LogP contribution in [0.1, 0.15) is 27.7 Å². The standard InChI is InChI=1S/C12H21N5O2/c1-5-19-11-9(13)10(15-7-16-11)14-6-8(18)17-12(2,3)4/h7H,5-6,13H2,1-4H3,(H,17,18)(H,14,15,16). The van der Waals surface area contributed by atoms with E-state index in [4.69, 9.17) is 10.5 Å². The van der Waals surface area contributed by atoms with Crippen LogP contribution < -0.4 is 21.1 Å². The summed E-state index contributed by atoms with van der Waals surface area (Å²) in [5.74, 6) is 0.571. The van der Waals surface area contributed by atoms with E-state index in [1.165, 1.54) is 6.33 Å². The fraction of sp³-hybridized carbons (Fsp3) is 0.583. The minimum absolute atomic E-state index is 0.0873. The number of aromatic nitrogens is 2. The summed E-state index contributed by atoms with van der Waals surface area (Å²) in [4.78, 5) is 19.6. The summed E-state index contributed by atoms with van der Waals surface area (Å²) >= 11 is 0. The van der Waals surface area contributed by atoms with E-state index in [0.29, 0.717) is 24.0 Å². The zero-order valence-electron chi connectivity index (χ0n) is 11.8. The van der Waals surface area contributed by atoms with Crippen LogP contribution in [-0.2, 0) is 4.79 Å². The molecular weight excluding hydrogens is 246 g/mol. The summed E-state index contributed by atoms with van der Waals surface area (Å²) < 4.78 is 5.25. The van der Waals surface area contributed by atoms with Gasteiger partial charge in [0.1, 0.15) is 12.0 Å². The van der Waals surface area contributed by atoms with Crippen molar-refractivity contribution >= 4 is 17.4 Å². The summed E-state index contributed by atoms with van der Waals surface area (Å²) in [5.41, 5.74) is 5.87. The molecule has 106 valence electrons. The van der Waals surface area contributed by atoms with E-state index in [1.54, 1.807) is 0 Å². The van der Waals surface area contributed by atoms with Crippen molar-refractivity contribution in [3.63, 3.8) is 0 Å². The normalized spacial score (nSPS) is 10.9. The molecule has 1 heterocycles. The van der Waals surface area contributed by atoms with E-state index in [9.17, 15) is 4.79 Å². The third kappa shape index (κ3) is 4.99. The van der Waals surface area contributed by atoms with Crippen LogP contribution in [0.5, 0.6) is 5.88 Å². The van der Waals surface area contributed by atoms with Gasteiger partial charge >= 0.3 is 0 Å². The van der Waals surface area contributed by atoms with E-state index < -0.39 is 0 Å². The number of anilines is 2. The van der Waals surface area contributed by atoms with E-state index in [-0.39, 0.29) is 18.0 Å². The quantitative estimate of drug-likeness (QED) is 0.728. The SMILES string of the molecule is CCOc1ncnc(NCC(=O)NC(C)(C)C)c1N. The lowest BCUT2D eigenvalue weighted by molar-refractivity contribution is -0.120. The Bertz CT molecular complexity index is 442. The van der Waals surface area contributed by atoms with Gasteiger partial charge in [-0.05, 0) is 27.7 Å². The molecule has 0 radical (unpaired) electrons. The Morgan fingerprint density at radius 1 is 1.42 bits per heavy atom. The molecule has 19 heavy (non-hydrogen) atoms. The van der Waals surface area contributed by atoms with Crippen molar-refractivity contribution in [3.8, 4) is 5.88 Å². The number of nitrogens with two attached hydrogens (primary N) is 1. The van der Waals surface area contributed by atoms with Gasteiger partial charge in [-0.3, -0.25) is 4.79 Å². The van der Waals surface area contributed by atoms with E-state index >= 15 is 0 Å². The van der Waals surface area contributed by atoms with E-state index in [1.807, 2.05) is 27.7 Å². The maximum atomic E-state index is 11.7. The molecule has 0 spiro atoms. The number of nitrogens with one attached hydrogen (secondary N) is 2. The second kappa shape index (κ2) is 6.21. The fourth-order valence-electron chi connectivity index (χ4n) is 1.40. The van der Waals surface area contributed by atoms with Gasteiger partial charge in [-0.2, -0.15) is 4.98 Å². The molecule has 0 saturated heterocycles. The van der Waals surface area contributed by atoms with Gasteiger partial charge in [0.2, 0.25) is 11.8 Å². The van der Waals surface area contributed by atoms with Gasteiger partial charge in [0.15, 0.2) is 5.82 Å². The Labute approximate surface area is 113 Å². The first-order chi connectivity index (χ1) is 8.83. The lowest BCUT2D eigenvalue weighted by atomic mass is 10.1. The first-order valence-electron chi connectivity index (χ1n) is 6.11. The van der Waals surface area contributed by atoms with Crippen LogP contribution in [0.4, 0.5) is 11.5 Å². The maximum absolute atomic E-state index is 11.7. The van der Waals surface area contributed by atoms with Gasteiger partial charge in [-0.15, -0.1) is 0 Å². The van der Waals surface area contributed by atoms with Gasteiger partial charge < -0.3 is 21.1 Å². The molecule has 1 amide bonds. The monoisotopic (exact) mass is 267 g/mol. The summed E-state index contributed by atoms with van der Waals surface area (Å²) in [6, 6.07) is 0. The maximum Gasteiger partial charge on any atom is 0.242 e. The highest BCUT2D eigenvalue weighted by Crippen LogP contribution is 2.24. The van der Waals surface area contributed by atoms with Crippen LogP contribution in [0.3, 0.4) is 0 Å². The van der Waals surface area contributed by atoms with Crippen LogP contribution in [0.15, 0.2) is 6.33 Å². The zero-order valence-corrected chi connectivity index (χ0v) is 11.8.